The summed E-state index contributed by atoms with van der Waals surface area (Å²) in [6.07, 6.45) is 1.72. The number of ketones is 1. The van der Waals surface area contributed by atoms with Crippen molar-refractivity contribution < 1.29 is 45.4 Å². The summed E-state index contributed by atoms with van der Waals surface area (Å²) >= 11 is 0. The summed E-state index contributed by atoms with van der Waals surface area (Å²) < 4.78 is 27.1. The van der Waals surface area contributed by atoms with E-state index in [1.807, 2.05) is 30.3 Å². The minimum absolute atomic E-state index is 0. The van der Waals surface area contributed by atoms with Gasteiger partial charge in [0.25, 0.3) is 0 Å². The molecule has 0 radical (unpaired) electrons. The SMILES string of the molecule is C[C@@H](CCCC(=O)c1ccccc1)O[C-]=O.[C-]#[O+].[C-]#[O+].[C-]#[O+].[CH3-].[Fe+2]. The normalized spacial score (nSPS) is 8.12. The van der Waals surface area contributed by atoms with Gasteiger partial charge in [0.05, 0.1) is 6.10 Å². The predicted octanol–water partition coefficient (Wildman–Crippen LogP) is 2.85. The first kappa shape index (κ1) is 33.6. The Morgan fingerprint density at radius 3 is 2.00 bits per heavy atom. The molecule has 0 aliphatic heterocycles. The summed E-state index contributed by atoms with van der Waals surface area (Å²) in [6, 6.07) is 9.19. The molecule has 0 fully saturated rings. The van der Waals surface area contributed by atoms with Crippen LogP contribution in [0.1, 0.15) is 36.5 Å². The molecule has 1 atom stereocenters. The van der Waals surface area contributed by atoms with E-state index < -0.39 is 0 Å². The van der Waals surface area contributed by atoms with E-state index in [-0.39, 0.29) is 36.4 Å². The van der Waals surface area contributed by atoms with Crippen molar-refractivity contribution in [2.24, 2.45) is 0 Å². The van der Waals surface area contributed by atoms with Crippen molar-refractivity contribution in [1.29, 1.82) is 0 Å². The zero-order chi connectivity index (χ0) is 17.8. The summed E-state index contributed by atoms with van der Waals surface area (Å²) in [5, 5.41) is 0. The Morgan fingerprint density at radius 2 is 1.58 bits per heavy atom. The Morgan fingerprint density at radius 1 is 1.12 bits per heavy atom. The molecule has 1 rings (SSSR count). The molecule has 0 saturated heterocycles. The van der Waals surface area contributed by atoms with Gasteiger partial charge in [0.1, 0.15) is 0 Å². The molecule has 0 bridgehead atoms. The third kappa shape index (κ3) is 20.1. The van der Waals surface area contributed by atoms with Crippen LogP contribution in [-0.4, -0.2) is 18.4 Å². The van der Waals surface area contributed by atoms with E-state index in [1.165, 1.54) is 6.47 Å². The molecule has 0 spiro atoms. The van der Waals surface area contributed by atoms with Gasteiger partial charge < -0.3 is 17.0 Å². The maximum atomic E-state index is 11.7. The molecule has 0 aliphatic carbocycles. The van der Waals surface area contributed by atoms with Crippen LogP contribution in [0.2, 0.25) is 0 Å². The molecular weight excluding hydrogens is 356 g/mol. The van der Waals surface area contributed by atoms with Crippen molar-refractivity contribution in [3.8, 4) is 0 Å². The second-order valence-corrected chi connectivity index (χ2v) is 3.69. The summed E-state index contributed by atoms with van der Waals surface area (Å²) in [7, 11) is 0. The van der Waals surface area contributed by atoms with Crippen molar-refractivity contribution >= 4 is 12.3 Å². The smallest absolute Gasteiger partial charge is 0.358 e. The largest absolute Gasteiger partial charge is 2.00 e. The molecule has 0 saturated carbocycles. The third-order valence-electron chi connectivity index (χ3n) is 2.36. The number of carbonyl (C=O) groups is 1. The van der Waals surface area contributed by atoms with Crippen molar-refractivity contribution in [2.75, 3.05) is 0 Å². The first-order valence-corrected chi connectivity index (χ1v) is 5.96. The van der Waals surface area contributed by atoms with Gasteiger partial charge in [-0.1, -0.05) is 36.8 Å². The Labute approximate surface area is 153 Å². The van der Waals surface area contributed by atoms with Gasteiger partial charge in [-0.15, -0.1) is 0 Å². The van der Waals surface area contributed by atoms with E-state index >= 15 is 0 Å². The zero-order valence-electron chi connectivity index (χ0n) is 13.4. The molecule has 24 heavy (non-hydrogen) atoms. The molecular formula is C17H18FeO6. The van der Waals surface area contributed by atoms with Crippen LogP contribution in [0.3, 0.4) is 0 Å². The molecule has 0 aliphatic rings. The molecule has 0 N–H and O–H groups in total. The van der Waals surface area contributed by atoms with Crippen molar-refractivity contribution in [2.45, 2.75) is 32.3 Å². The van der Waals surface area contributed by atoms with Gasteiger partial charge in [-0.25, -0.2) is 0 Å². The Balaban J connectivity index is -0.000000135. The van der Waals surface area contributed by atoms with Gasteiger partial charge in [0.2, 0.25) is 0 Å². The second-order valence-electron chi connectivity index (χ2n) is 3.69. The number of carbonyl (C=O) groups excluding carboxylic acids is 2. The van der Waals surface area contributed by atoms with E-state index in [4.69, 9.17) is 14.0 Å². The minimum atomic E-state index is -0.166. The number of Topliss-reactive ketones (excluding diaryl/α,β-unsaturated/α-hetero) is 1. The standard InChI is InChI=1S/C13H15O3.3CO.CH3.Fe/c1-11(16-10-14)6-5-9-13(15)12-7-3-2-4-8-12;3*1-2;;/h2-4,7-8,11H,5-6,9H2,1H3;;;;1H3;/q-1;;;;-1;+2/t11-;;;;;/m0...../s1. The molecule has 130 valence electrons. The maximum Gasteiger partial charge on any atom is 2.00 e. The fourth-order valence-corrected chi connectivity index (χ4v) is 1.46. The van der Waals surface area contributed by atoms with Crippen LogP contribution in [0.15, 0.2) is 30.3 Å². The Hall–Kier alpha value is -1.90. The third-order valence-corrected chi connectivity index (χ3v) is 2.36. The average Bonchev–Trinajstić information content (AvgIpc) is 2.61. The molecule has 1 aromatic carbocycles. The molecule has 0 aromatic heterocycles. The summed E-state index contributed by atoms with van der Waals surface area (Å²) in [6.45, 7) is 16.7. The minimum Gasteiger partial charge on any atom is -0.358 e. The molecule has 0 heterocycles. The monoisotopic (exact) mass is 374 g/mol. The van der Waals surface area contributed by atoms with Crippen LogP contribution in [0.4, 0.5) is 0 Å². The van der Waals surface area contributed by atoms with Gasteiger partial charge in [0, 0.05) is 12.0 Å². The number of rotatable bonds is 7. The molecule has 0 unspecified atom stereocenters. The van der Waals surface area contributed by atoms with Crippen LogP contribution in [0.25, 0.3) is 0 Å². The maximum absolute atomic E-state index is 11.7. The molecule has 6 nitrogen and oxygen atoms in total. The van der Waals surface area contributed by atoms with Crippen molar-refractivity contribution in [3.05, 3.63) is 63.3 Å². The van der Waals surface area contributed by atoms with Crippen LogP contribution < -0.4 is 0 Å². The van der Waals surface area contributed by atoms with E-state index in [9.17, 15) is 9.59 Å². The first-order valence-electron chi connectivity index (χ1n) is 5.96. The summed E-state index contributed by atoms with van der Waals surface area (Å²) in [4.78, 5) is 21.6. The fourth-order valence-electron chi connectivity index (χ4n) is 1.46. The fraction of sp³-hybridized carbons (Fsp3) is 0.294. The second kappa shape index (κ2) is 29.2. The van der Waals surface area contributed by atoms with Gasteiger partial charge in [-0.3, -0.25) is 4.79 Å². The molecule has 0 amide bonds. The van der Waals surface area contributed by atoms with Gasteiger partial charge >= 0.3 is 51.0 Å². The first-order chi connectivity index (χ1) is 10.7. The van der Waals surface area contributed by atoms with Crippen LogP contribution in [0, 0.1) is 27.4 Å². The van der Waals surface area contributed by atoms with Crippen LogP contribution in [-0.2, 0) is 40.6 Å². The van der Waals surface area contributed by atoms with Gasteiger partial charge in [-0.2, -0.15) is 0 Å². The van der Waals surface area contributed by atoms with Crippen molar-refractivity contribution in [3.63, 3.8) is 0 Å². The van der Waals surface area contributed by atoms with Gasteiger partial charge in [-0.05, 0) is 19.8 Å². The number of hydrogen-bond acceptors (Lipinski definition) is 3. The number of ether oxygens (including phenoxy) is 1. The zero-order valence-corrected chi connectivity index (χ0v) is 14.5. The molecule has 7 heteroatoms. The number of benzene rings is 1. The van der Waals surface area contributed by atoms with Crippen LogP contribution >= 0.6 is 0 Å². The predicted molar refractivity (Wildman–Crippen MR) is 79.1 cm³/mol. The summed E-state index contributed by atoms with van der Waals surface area (Å²) in [5.74, 6) is 0.128. The van der Waals surface area contributed by atoms with E-state index in [0.717, 1.165) is 12.0 Å². The van der Waals surface area contributed by atoms with E-state index in [0.29, 0.717) is 12.8 Å². The summed E-state index contributed by atoms with van der Waals surface area (Å²) in [5.41, 5.74) is 0.734. The molecule has 1 aromatic rings. The average molecular weight is 374 g/mol. The topological polar surface area (TPSA) is 103 Å². The quantitative estimate of drug-likeness (QED) is 0.317. The van der Waals surface area contributed by atoms with E-state index in [1.54, 1.807) is 6.92 Å². The Kier molecular flexibility index (Phi) is 40.9. The van der Waals surface area contributed by atoms with Crippen LogP contribution in [0.5, 0.6) is 0 Å². The number of hydrogen-bond donors (Lipinski definition) is 0. The Bertz CT molecular complexity index is 439. The van der Waals surface area contributed by atoms with Crippen molar-refractivity contribution in [1.82, 2.24) is 0 Å². The van der Waals surface area contributed by atoms with E-state index in [2.05, 4.69) is 24.7 Å². The van der Waals surface area contributed by atoms with Gasteiger partial charge in [0.15, 0.2) is 5.78 Å².